The fourth-order valence-electron chi connectivity index (χ4n) is 2.51. The molecule has 0 saturated heterocycles. The number of carbonyl (C=O) groups excluding carboxylic acids is 1. The van der Waals surface area contributed by atoms with Crippen LogP contribution in [0.3, 0.4) is 0 Å². The molecule has 1 N–H and O–H groups in total. The fourth-order valence-corrected chi connectivity index (χ4v) is 3.49. The minimum atomic E-state index is -0.332. The molecule has 0 aromatic heterocycles. The summed E-state index contributed by atoms with van der Waals surface area (Å²) in [5.74, 6) is 0.369. The van der Waals surface area contributed by atoms with Gasteiger partial charge in [-0.25, -0.2) is 4.39 Å². The lowest BCUT2D eigenvalue weighted by atomic mass is 9.99. The van der Waals surface area contributed by atoms with Crippen LogP contribution in [0.15, 0.2) is 42.5 Å². The third-order valence-corrected chi connectivity index (χ3v) is 5.03. The molecule has 0 aliphatic heterocycles. The van der Waals surface area contributed by atoms with E-state index >= 15 is 0 Å². The Morgan fingerprint density at radius 1 is 1.29 bits per heavy atom. The smallest absolute Gasteiger partial charge is 0.230 e. The van der Waals surface area contributed by atoms with Crippen molar-refractivity contribution in [2.45, 2.75) is 32.1 Å². The van der Waals surface area contributed by atoms with Crippen molar-refractivity contribution in [2.24, 2.45) is 0 Å². The van der Waals surface area contributed by atoms with Gasteiger partial charge in [0, 0.05) is 10.8 Å². The van der Waals surface area contributed by atoms with Crippen molar-refractivity contribution >= 4 is 29.3 Å². The molecule has 2 nitrogen and oxygen atoms in total. The molecule has 0 radical (unpaired) electrons. The normalized spacial score (nSPS) is 12.0. The van der Waals surface area contributed by atoms with Crippen LogP contribution in [0.4, 0.5) is 4.39 Å². The Labute approximate surface area is 151 Å². The largest absolute Gasteiger partial charge is 0.349 e. The second-order valence-corrected chi connectivity index (χ2v) is 7.04. The number of thioether (sulfide) groups is 1. The van der Waals surface area contributed by atoms with E-state index in [0.717, 1.165) is 12.0 Å². The van der Waals surface area contributed by atoms with Gasteiger partial charge in [0.15, 0.2) is 0 Å². The first kappa shape index (κ1) is 18.8. The van der Waals surface area contributed by atoms with Gasteiger partial charge in [-0.3, -0.25) is 4.79 Å². The van der Waals surface area contributed by atoms with Gasteiger partial charge in [0.1, 0.15) is 5.82 Å². The Kier molecular flexibility index (Phi) is 7.13. The summed E-state index contributed by atoms with van der Waals surface area (Å²) in [5, 5.41) is 3.44. The molecule has 0 heterocycles. The van der Waals surface area contributed by atoms with Crippen LogP contribution in [0.2, 0.25) is 5.02 Å². The molecular formula is C19H21ClFNOS. The van der Waals surface area contributed by atoms with E-state index in [9.17, 15) is 9.18 Å². The molecule has 0 spiro atoms. The molecule has 0 bridgehead atoms. The standard InChI is InChI=1S/C19H21ClFNOS/c1-3-18(16-7-5-4-6-13(16)2)22-19(23)12-24-11-14-8-9-15(20)10-17(14)21/h4-10,18H,3,11-12H2,1-2H3,(H,22,23)/t18-/m1/s1. The third kappa shape index (κ3) is 5.25. The van der Waals surface area contributed by atoms with Crippen LogP contribution < -0.4 is 5.32 Å². The van der Waals surface area contributed by atoms with E-state index < -0.39 is 0 Å². The average Bonchev–Trinajstić information content (AvgIpc) is 2.55. The number of halogens is 2. The number of amides is 1. The molecule has 24 heavy (non-hydrogen) atoms. The van der Waals surface area contributed by atoms with Crippen LogP contribution in [0.25, 0.3) is 0 Å². The summed E-state index contributed by atoms with van der Waals surface area (Å²) < 4.78 is 13.7. The second kappa shape index (κ2) is 9.09. The van der Waals surface area contributed by atoms with Crippen LogP contribution in [-0.2, 0) is 10.5 Å². The van der Waals surface area contributed by atoms with Gasteiger partial charge in [-0.2, -0.15) is 0 Å². The van der Waals surface area contributed by atoms with Crippen molar-refractivity contribution < 1.29 is 9.18 Å². The molecule has 2 aromatic carbocycles. The third-order valence-electron chi connectivity index (χ3n) is 3.81. The van der Waals surface area contributed by atoms with Gasteiger partial charge in [-0.05, 0) is 42.2 Å². The van der Waals surface area contributed by atoms with Crippen LogP contribution in [0.1, 0.15) is 36.1 Å². The maximum absolute atomic E-state index is 13.7. The quantitative estimate of drug-likeness (QED) is 0.722. The van der Waals surface area contributed by atoms with Crippen molar-refractivity contribution in [3.05, 3.63) is 70.0 Å². The Morgan fingerprint density at radius 2 is 2.04 bits per heavy atom. The highest BCUT2D eigenvalue weighted by atomic mass is 35.5. The summed E-state index contributed by atoms with van der Waals surface area (Å²) in [6, 6.07) is 12.7. The van der Waals surface area contributed by atoms with Crippen LogP contribution in [-0.4, -0.2) is 11.7 Å². The molecule has 1 amide bonds. The van der Waals surface area contributed by atoms with Gasteiger partial charge in [0.05, 0.1) is 11.8 Å². The summed E-state index contributed by atoms with van der Waals surface area (Å²) in [4.78, 5) is 12.2. The molecule has 0 fully saturated rings. The van der Waals surface area contributed by atoms with E-state index in [-0.39, 0.29) is 17.8 Å². The van der Waals surface area contributed by atoms with E-state index in [0.29, 0.717) is 22.1 Å². The monoisotopic (exact) mass is 365 g/mol. The maximum atomic E-state index is 13.7. The van der Waals surface area contributed by atoms with Gasteiger partial charge in [-0.15, -0.1) is 11.8 Å². The zero-order valence-corrected chi connectivity index (χ0v) is 15.4. The number of nitrogens with one attached hydrogen (secondary N) is 1. The number of benzene rings is 2. The van der Waals surface area contributed by atoms with Gasteiger partial charge >= 0.3 is 0 Å². The highest BCUT2D eigenvalue weighted by Gasteiger charge is 2.14. The van der Waals surface area contributed by atoms with Crippen molar-refractivity contribution in [3.8, 4) is 0 Å². The zero-order chi connectivity index (χ0) is 17.5. The lowest BCUT2D eigenvalue weighted by Gasteiger charge is -2.19. The summed E-state index contributed by atoms with van der Waals surface area (Å²) in [7, 11) is 0. The van der Waals surface area contributed by atoms with Gasteiger partial charge < -0.3 is 5.32 Å². The maximum Gasteiger partial charge on any atom is 0.230 e. The number of rotatable bonds is 7. The summed E-state index contributed by atoms with van der Waals surface area (Å²) in [6.07, 6.45) is 0.826. The Balaban J connectivity index is 1.87. The van der Waals surface area contributed by atoms with Crippen LogP contribution in [0.5, 0.6) is 0 Å². The summed E-state index contributed by atoms with van der Waals surface area (Å²) in [5.41, 5.74) is 2.87. The fraction of sp³-hybridized carbons (Fsp3) is 0.316. The van der Waals surface area contributed by atoms with Crippen molar-refractivity contribution in [3.63, 3.8) is 0 Å². The molecule has 2 rings (SSSR count). The topological polar surface area (TPSA) is 29.1 Å². The SMILES string of the molecule is CC[C@@H](NC(=O)CSCc1ccc(Cl)cc1F)c1ccccc1C. The molecule has 0 aliphatic carbocycles. The van der Waals surface area contributed by atoms with Gasteiger partial charge in [0.2, 0.25) is 5.91 Å². The Bertz CT molecular complexity index is 708. The van der Waals surface area contributed by atoms with E-state index in [1.165, 1.54) is 23.4 Å². The molecule has 128 valence electrons. The number of aryl methyl sites for hydroxylation is 1. The van der Waals surface area contributed by atoms with Crippen molar-refractivity contribution in [1.29, 1.82) is 0 Å². The van der Waals surface area contributed by atoms with E-state index in [1.54, 1.807) is 12.1 Å². The zero-order valence-electron chi connectivity index (χ0n) is 13.8. The predicted molar refractivity (Wildman–Crippen MR) is 99.9 cm³/mol. The van der Waals surface area contributed by atoms with Gasteiger partial charge in [-0.1, -0.05) is 48.9 Å². The van der Waals surface area contributed by atoms with Gasteiger partial charge in [0.25, 0.3) is 0 Å². The number of carbonyl (C=O) groups is 1. The second-order valence-electron chi connectivity index (χ2n) is 5.61. The first-order valence-electron chi connectivity index (χ1n) is 7.87. The first-order chi connectivity index (χ1) is 11.5. The highest BCUT2D eigenvalue weighted by Crippen LogP contribution is 2.22. The number of hydrogen-bond donors (Lipinski definition) is 1. The summed E-state index contributed by atoms with van der Waals surface area (Å²) >= 11 is 7.13. The van der Waals surface area contributed by atoms with Crippen LogP contribution >= 0.6 is 23.4 Å². The molecular weight excluding hydrogens is 345 g/mol. The molecule has 0 unspecified atom stereocenters. The van der Waals surface area contributed by atoms with E-state index in [4.69, 9.17) is 11.6 Å². The average molecular weight is 366 g/mol. The predicted octanol–water partition coefficient (Wildman–Crippen LogP) is 5.29. The highest BCUT2D eigenvalue weighted by molar-refractivity contribution is 7.99. The van der Waals surface area contributed by atoms with E-state index in [2.05, 4.69) is 5.32 Å². The molecule has 0 saturated carbocycles. The molecule has 2 aromatic rings. The van der Waals surface area contributed by atoms with E-state index in [1.807, 2.05) is 38.1 Å². The first-order valence-corrected chi connectivity index (χ1v) is 9.41. The Hall–Kier alpha value is -1.52. The van der Waals surface area contributed by atoms with Crippen molar-refractivity contribution in [1.82, 2.24) is 5.32 Å². The molecule has 1 atom stereocenters. The minimum absolute atomic E-state index is 0.00608. The molecule has 0 aliphatic rings. The molecule has 5 heteroatoms. The lowest BCUT2D eigenvalue weighted by Crippen LogP contribution is -2.30. The minimum Gasteiger partial charge on any atom is -0.349 e. The Morgan fingerprint density at radius 3 is 2.71 bits per heavy atom. The number of hydrogen-bond acceptors (Lipinski definition) is 2. The van der Waals surface area contributed by atoms with Crippen molar-refractivity contribution in [2.75, 3.05) is 5.75 Å². The van der Waals surface area contributed by atoms with Crippen LogP contribution in [0, 0.1) is 12.7 Å². The lowest BCUT2D eigenvalue weighted by molar-refractivity contribution is -0.119. The summed E-state index contributed by atoms with van der Waals surface area (Å²) in [6.45, 7) is 4.09.